The maximum Gasteiger partial charge on any atom is 0.260 e. The number of hydrogen-bond acceptors (Lipinski definition) is 5. The zero-order valence-electron chi connectivity index (χ0n) is 19.6. The van der Waals surface area contributed by atoms with Crippen molar-refractivity contribution in [2.24, 2.45) is 0 Å². The van der Waals surface area contributed by atoms with Gasteiger partial charge >= 0.3 is 0 Å². The third-order valence-electron chi connectivity index (χ3n) is 6.27. The number of piperazine rings is 1. The number of aromatic nitrogens is 2. The Kier molecular flexibility index (Phi) is 6.88. The van der Waals surface area contributed by atoms with Crippen molar-refractivity contribution in [3.63, 3.8) is 0 Å². The number of halogens is 1. The average molecular weight is 491 g/mol. The molecule has 4 aromatic rings. The van der Waals surface area contributed by atoms with Gasteiger partial charge in [0.05, 0.1) is 18.5 Å². The fraction of sp³-hybridized carbons (Fsp3) is 0.259. The molecule has 0 N–H and O–H groups in total. The molecule has 7 nitrogen and oxygen atoms in total. The van der Waals surface area contributed by atoms with Gasteiger partial charge in [0.15, 0.2) is 18.1 Å². The second kappa shape index (κ2) is 10.4. The predicted octanol–water partition coefficient (Wildman–Crippen LogP) is 4.39. The van der Waals surface area contributed by atoms with Crippen LogP contribution in [0, 0.1) is 0 Å². The van der Waals surface area contributed by atoms with Crippen LogP contribution >= 0.6 is 11.6 Å². The number of hydrogen-bond donors (Lipinski definition) is 0. The number of para-hydroxylation sites is 2. The number of fused-ring (bicyclic) bond motifs is 1. The van der Waals surface area contributed by atoms with Crippen molar-refractivity contribution in [1.82, 2.24) is 19.2 Å². The van der Waals surface area contributed by atoms with Gasteiger partial charge in [0.2, 0.25) is 0 Å². The molecule has 0 aliphatic carbocycles. The largest absolute Gasteiger partial charge is 0.493 e. The van der Waals surface area contributed by atoms with Crippen LogP contribution in [0.1, 0.15) is 5.69 Å². The van der Waals surface area contributed by atoms with Crippen LogP contribution in [0.2, 0.25) is 5.02 Å². The summed E-state index contributed by atoms with van der Waals surface area (Å²) >= 11 is 6.10. The summed E-state index contributed by atoms with van der Waals surface area (Å²) in [5.74, 6) is 1.17. The molecule has 180 valence electrons. The number of imidazole rings is 1. The lowest BCUT2D eigenvalue weighted by Crippen LogP contribution is -2.49. The van der Waals surface area contributed by atoms with Crippen LogP contribution in [0.25, 0.3) is 16.9 Å². The van der Waals surface area contributed by atoms with Gasteiger partial charge in [-0.05, 0) is 36.4 Å². The smallest absolute Gasteiger partial charge is 0.260 e. The quantitative estimate of drug-likeness (QED) is 0.384. The van der Waals surface area contributed by atoms with Gasteiger partial charge in [-0.3, -0.25) is 9.69 Å². The minimum absolute atomic E-state index is 0.00561. The fourth-order valence-electron chi connectivity index (χ4n) is 4.37. The van der Waals surface area contributed by atoms with Gasteiger partial charge in [0.25, 0.3) is 5.91 Å². The molecule has 1 aliphatic rings. The number of methoxy groups -OCH3 is 1. The van der Waals surface area contributed by atoms with Gasteiger partial charge in [-0.1, -0.05) is 41.9 Å². The summed E-state index contributed by atoms with van der Waals surface area (Å²) in [6, 6.07) is 21.2. The molecule has 0 bridgehead atoms. The number of nitrogens with zero attached hydrogens (tertiary/aromatic N) is 4. The van der Waals surface area contributed by atoms with Crippen LogP contribution in [0.5, 0.6) is 11.5 Å². The summed E-state index contributed by atoms with van der Waals surface area (Å²) in [4.78, 5) is 21.9. The van der Waals surface area contributed by atoms with Gasteiger partial charge < -0.3 is 18.8 Å². The van der Waals surface area contributed by atoms with Crippen molar-refractivity contribution in [1.29, 1.82) is 0 Å². The zero-order chi connectivity index (χ0) is 24.2. The van der Waals surface area contributed by atoms with E-state index in [1.165, 1.54) is 0 Å². The first kappa shape index (κ1) is 23.2. The number of pyridine rings is 1. The summed E-state index contributed by atoms with van der Waals surface area (Å²) in [6.45, 7) is 3.60. The molecular weight excluding hydrogens is 464 g/mol. The highest BCUT2D eigenvalue weighted by Crippen LogP contribution is 2.28. The van der Waals surface area contributed by atoms with Gasteiger partial charge in [-0.15, -0.1) is 0 Å². The maximum atomic E-state index is 12.8. The summed E-state index contributed by atoms with van der Waals surface area (Å²) < 4.78 is 13.2. The minimum Gasteiger partial charge on any atom is -0.493 e. The second-order valence-corrected chi connectivity index (χ2v) is 8.88. The summed E-state index contributed by atoms with van der Waals surface area (Å²) in [7, 11) is 1.59. The van der Waals surface area contributed by atoms with Crippen molar-refractivity contribution < 1.29 is 14.3 Å². The molecule has 0 spiro atoms. The van der Waals surface area contributed by atoms with Crippen molar-refractivity contribution in [3.05, 3.63) is 83.6 Å². The average Bonchev–Trinajstić information content (AvgIpc) is 3.26. The molecule has 1 aliphatic heterocycles. The lowest BCUT2D eigenvalue weighted by atomic mass is 10.1. The molecule has 1 amide bonds. The Labute approximate surface area is 209 Å². The van der Waals surface area contributed by atoms with Crippen LogP contribution < -0.4 is 9.47 Å². The zero-order valence-corrected chi connectivity index (χ0v) is 20.3. The molecule has 1 fully saturated rings. The van der Waals surface area contributed by atoms with E-state index in [0.717, 1.165) is 42.2 Å². The molecule has 5 rings (SSSR count). The highest BCUT2D eigenvalue weighted by Gasteiger charge is 2.24. The maximum absolute atomic E-state index is 12.8. The van der Waals surface area contributed by atoms with Crippen LogP contribution in [-0.4, -0.2) is 65.0 Å². The number of amides is 1. The van der Waals surface area contributed by atoms with Crippen molar-refractivity contribution in [3.8, 4) is 22.8 Å². The molecule has 0 atom stereocenters. The molecule has 0 unspecified atom stereocenters. The molecule has 3 heterocycles. The molecule has 35 heavy (non-hydrogen) atoms. The lowest BCUT2D eigenvalue weighted by molar-refractivity contribution is -0.135. The van der Waals surface area contributed by atoms with E-state index in [1.54, 1.807) is 13.2 Å². The van der Waals surface area contributed by atoms with Gasteiger partial charge in [0, 0.05) is 49.5 Å². The molecule has 0 saturated carbocycles. The second-order valence-electron chi connectivity index (χ2n) is 8.44. The first-order chi connectivity index (χ1) is 17.1. The van der Waals surface area contributed by atoms with Crippen molar-refractivity contribution in [2.75, 3.05) is 39.9 Å². The van der Waals surface area contributed by atoms with E-state index >= 15 is 0 Å². The summed E-state index contributed by atoms with van der Waals surface area (Å²) in [5, 5.41) is 0.703. The number of rotatable bonds is 7. The molecule has 2 aromatic heterocycles. The van der Waals surface area contributed by atoms with Crippen molar-refractivity contribution >= 4 is 23.2 Å². The summed E-state index contributed by atoms with van der Waals surface area (Å²) in [6.07, 6.45) is 2.05. The highest BCUT2D eigenvalue weighted by atomic mass is 35.5. The van der Waals surface area contributed by atoms with E-state index in [0.29, 0.717) is 29.6 Å². The van der Waals surface area contributed by atoms with Gasteiger partial charge in [-0.25, -0.2) is 4.98 Å². The van der Waals surface area contributed by atoms with E-state index < -0.39 is 0 Å². The molecular formula is C27H27ClN4O3. The van der Waals surface area contributed by atoms with E-state index in [-0.39, 0.29) is 12.5 Å². The number of carbonyl (C=O) groups is 1. The molecule has 1 saturated heterocycles. The first-order valence-corrected chi connectivity index (χ1v) is 12.0. The SMILES string of the molecule is COc1ccccc1OCC(=O)N1CCN(Cc2c(-c3ccc(Cl)cc3)nc3ccccn23)CC1. The van der Waals surface area contributed by atoms with E-state index in [1.807, 2.05) is 71.8 Å². The Bertz CT molecular complexity index is 1310. The predicted molar refractivity (Wildman–Crippen MR) is 136 cm³/mol. The van der Waals surface area contributed by atoms with Crippen LogP contribution in [0.15, 0.2) is 72.9 Å². The molecule has 0 radical (unpaired) electrons. The first-order valence-electron chi connectivity index (χ1n) is 11.6. The minimum atomic E-state index is -0.0211. The summed E-state index contributed by atoms with van der Waals surface area (Å²) in [5.41, 5.74) is 4.03. The van der Waals surface area contributed by atoms with Crippen LogP contribution in [0.4, 0.5) is 0 Å². The Morgan fingerprint density at radius 2 is 1.66 bits per heavy atom. The third kappa shape index (κ3) is 5.11. The Balaban J connectivity index is 1.24. The van der Waals surface area contributed by atoms with Gasteiger partial charge in [0.1, 0.15) is 5.65 Å². The topological polar surface area (TPSA) is 59.3 Å². The van der Waals surface area contributed by atoms with E-state index in [9.17, 15) is 4.79 Å². The third-order valence-corrected chi connectivity index (χ3v) is 6.52. The Morgan fingerprint density at radius 3 is 2.40 bits per heavy atom. The van der Waals surface area contributed by atoms with Gasteiger partial charge in [-0.2, -0.15) is 0 Å². The van der Waals surface area contributed by atoms with Crippen LogP contribution in [0.3, 0.4) is 0 Å². The van der Waals surface area contributed by atoms with Crippen LogP contribution in [-0.2, 0) is 11.3 Å². The number of benzene rings is 2. The molecule has 2 aromatic carbocycles. The highest BCUT2D eigenvalue weighted by molar-refractivity contribution is 6.30. The van der Waals surface area contributed by atoms with Crippen molar-refractivity contribution in [2.45, 2.75) is 6.54 Å². The lowest BCUT2D eigenvalue weighted by Gasteiger charge is -2.34. The normalized spacial score (nSPS) is 14.3. The Hall–Kier alpha value is -3.55. The standard InChI is InChI=1S/C27H27ClN4O3/c1-34-23-6-2-3-7-24(23)35-19-26(33)31-16-14-30(15-17-31)18-22-27(20-9-11-21(28)12-10-20)29-25-8-4-5-13-32(22)25/h2-13H,14-19H2,1H3. The fourth-order valence-corrected chi connectivity index (χ4v) is 4.50. The van der Waals surface area contributed by atoms with E-state index in [4.69, 9.17) is 26.1 Å². The molecule has 8 heteroatoms. The number of ether oxygens (including phenoxy) is 2. The van der Waals surface area contributed by atoms with E-state index in [2.05, 4.69) is 9.30 Å². The Morgan fingerprint density at radius 1 is 0.943 bits per heavy atom. The monoisotopic (exact) mass is 490 g/mol. The number of carbonyl (C=O) groups excluding carboxylic acids is 1.